The summed E-state index contributed by atoms with van der Waals surface area (Å²) in [6.07, 6.45) is 69.9. The quantitative estimate of drug-likeness (QED) is 0.223. The fourth-order valence-corrected chi connectivity index (χ4v) is 32.8. The lowest BCUT2D eigenvalue weighted by molar-refractivity contribution is -0.0426. The SMILES string of the molecule is C.C.C.C.C.C.C.CC(C)(C)C.CC(C)C1(C)CC2CC1C1C3CC(C4C5CCC(C5)C34)C21.CC(C)C1(C)CCCCC1.CC1(C)CCC2CCCCC2C1.CC1(C)CCCCC1.CCC(C)(C)C.CCC(CC)C1(C)CC2CC1C1C3CC(C4C5CCC(C5)C34)C21.CCC1(C)CCC2CCCCC2C1.CCC1(C)CCCCC1. The molecule has 0 nitrogen and oxygen atoms in total. The second kappa shape index (κ2) is 43.3. The summed E-state index contributed by atoms with van der Waals surface area (Å²) < 4.78 is 0. The van der Waals surface area contributed by atoms with E-state index in [9.17, 15) is 0 Å². The van der Waals surface area contributed by atoms with Gasteiger partial charge in [0.1, 0.15) is 0 Å². The maximum atomic E-state index is 2.73. The summed E-state index contributed by atoms with van der Waals surface area (Å²) in [5, 5.41) is 0. The predicted octanol–water partition coefficient (Wildman–Crippen LogP) is 38.5. The third-order valence-corrected chi connectivity index (χ3v) is 39.9. The van der Waals surface area contributed by atoms with Gasteiger partial charge in [0.15, 0.2) is 0 Å². The first-order valence-corrected chi connectivity index (χ1v) is 50.4. The van der Waals surface area contributed by atoms with Gasteiger partial charge in [-0.3, -0.25) is 0 Å². The molecule has 0 saturated heterocycles. The van der Waals surface area contributed by atoms with Gasteiger partial charge in [0.2, 0.25) is 0 Å². The molecular formula is C114H222. The minimum absolute atomic E-state index is 0. The Labute approximate surface area is 724 Å². The Hall–Kier alpha value is 0. The van der Waals surface area contributed by atoms with Crippen molar-refractivity contribution in [1.82, 2.24) is 0 Å². The molecule has 0 spiro atoms. The van der Waals surface area contributed by atoms with E-state index >= 15 is 0 Å². The number of rotatable bonds is 7. The highest BCUT2D eigenvalue weighted by molar-refractivity contribution is 5.23. The average molecular weight is 1590 g/mol. The topological polar surface area (TPSA) is 0 Å². The van der Waals surface area contributed by atoms with E-state index < -0.39 is 0 Å². The van der Waals surface area contributed by atoms with Gasteiger partial charge in [-0.2, -0.15) is 0 Å². The van der Waals surface area contributed by atoms with Crippen LogP contribution >= 0.6 is 0 Å². The summed E-state index contributed by atoms with van der Waals surface area (Å²) in [6, 6.07) is 0. The maximum Gasteiger partial charge on any atom is -0.0264 e. The van der Waals surface area contributed by atoms with Crippen LogP contribution in [0.1, 0.15) is 520 Å². The molecule has 0 aromatic carbocycles. The summed E-state index contributed by atoms with van der Waals surface area (Å²) in [4.78, 5) is 0. The van der Waals surface area contributed by atoms with Gasteiger partial charge in [0.25, 0.3) is 0 Å². The van der Waals surface area contributed by atoms with Gasteiger partial charge in [0.05, 0.1) is 0 Å². The molecule has 114 heavy (non-hydrogen) atoms. The molecule has 0 heterocycles. The van der Waals surface area contributed by atoms with Crippen molar-refractivity contribution < 1.29 is 0 Å². The van der Waals surface area contributed by atoms with Crippen molar-refractivity contribution in [3.05, 3.63) is 0 Å². The fraction of sp³-hybridized carbons (Fsp3) is 1.00. The van der Waals surface area contributed by atoms with Crippen LogP contribution in [0, 0.1) is 209 Å². The second-order valence-electron chi connectivity index (χ2n) is 50.9. The molecule has 19 fully saturated rings. The van der Waals surface area contributed by atoms with Crippen LogP contribution in [0.15, 0.2) is 0 Å². The second-order valence-corrected chi connectivity index (χ2v) is 50.9. The standard InChI is InChI=1S/C23H36.C21H32.C13H24.C12H22.C10H20.C9H18.C8H16.C6H14.C5H12.7CH4/c1-4-15(5-2)23(3)11-14-9-18(23)22-17-10-16(21(14)22)19-12-6-7-13(8-12)20(17)19;1-10(2)21(3)9-13-7-16(21)20-15-8-14(19(13)20)17-11-4-5-12(6-11)18(15)17;1-3-13(2)9-8-11-6-4-5-7-12(11)10-13;1-12(2)8-7-10-5-3-4-6-11(10)9-12;1-9(2)10(3)7-5-4-6-8-10;1-3-9(2)7-5-4-6-8-9;1-8(2)6-4-3-5-7-8;1-5-6(2,3)4;1-5(2,3)4;;;;;;;/h12-22H,4-11H2,1-3H3;10-20H,4-9H2,1-3H3;11-12H,3-10H2,1-2H3;10-11H,3-9H2,1-2H3;9H,4-8H2,1-3H3;3-8H2,1-2H3;3-7H2,1-2H3;5H2,1-4H3;1-4H3;7*1H4. The maximum absolute atomic E-state index is 2.73. The molecular weight excluding hydrogens is 1370 g/mol. The normalized spacial score (nSPS) is 42.5. The predicted molar refractivity (Wildman–Crippen MR) is 517 cm³/mol. The van der Waals surface area contributed by atoms with Gasteiger partial charge in [0, 0.05) is 0 Å². The minimum atomic E-state index is 0. The van der Waals surface area contributed by atoms with Crippen LogP contribution in [0.4, 0.5) is 0 Å². The van der Waals surface area contributed by atoms with Crippen molar-refractivity contribution in [3.63, 3.8) is 0 Å². The van der Waals surface area contributed by atoms with Gasteiger partial charge in [-0.1, -0.05) is 366 Å². The molecule has 19 aliphatic carbocycles. The molecule has 0 aliphatic heterocycles. The molecule has 0 heteroatoms. The Morgan fingerprint density at radius 1 is 0.281 bits per heavy atom. The van der Waals surface area contributed by atoms with Crippen molar-refractivity contribution in [2.45, 2.75) is 520 Å². The van der Waals surface area contributed by atoms with Crippen molar-refractivity contribution in [1.29, 1.82) is 0 Å². The molecule has 12 bridgehead atoms. The van der Waals surface area contributed by atoms with Crippen LogP contribution in [-0.4, -0.2) is 0 Å². The monoisotopic (exact) mass is 1590 g/mol. The molecule has 0 N–H and O–H groups in total. The van der Waals surface area contributed by atoms with Crippen molar-refractivity contribution in [2.75, 3.05) is 0 Å². The smallest absolute Gasteiger partial charge is 0.0264 e. The Morgan fingerprint density at radius 2 is 0.614 bits per heavy atom. The molecule has 19 rings (SSSR count). The lowest BCUT2D eigenvalue weighted by Gasteiger charge is -2.52. The molecule has 0 aromatic heterocycles. The van der Waals surface area contributed by atoms with Gasteiger partial charge in [-0.25, -0.2) is 0 Å². The van der Waals surface area contributed by atoms with Gasteiger partial charge >= 0.3 is 0 Å². The molecule has 0 amide bonds. The van der Waals surface area contributed by atoms with Crippen LogP contribution in [0.2, 0.25) is 0 Å². The van der Waals surface area contributed by atoms with E-state index in [1.807, 2.05) is 0 Å². The lowest BCUT2D eigenvalue weighted by atomic mass is 9.53. The van der Waals surface area contributed by atoms with Crippen LogP contribution in [0.25, 0.3) is 0 Å². The summed E-state index contributed by atoms with van der Waals surface area (Å²) in [5.74, 6) is 30.9. The van der Waals surface area contributed by atoms with Crippen LogP contribution < -0.4 is 0 Å². The Morgan fingerprint density at radius 3 is 0.947 bits per heavy atom. The third kappa shape index (κ3) is 23.8. The highest BCUT2D eigenvalue weighted by Crippen LogP contribution is 2.81. The van der Waals surface area contributed by atoms with E-state index in [1.54, 1.807) is 96.3 Å². The third-order valence-electron chi connectivity index (χ3n) is 39.9. The zero-order chi connectivity index (χ0) is 77.6. The van der Waals surface area contributed by atoms with Crippen LogP contribution in [0.3, 0.4) is 0 Å². The first-order valence-electron chi connectivity index (χ1n) is 50.4. The number of fused-ring (bicyclic) bond motifs is 34. The average Bonchev–Trinajstić information content (AvgIpc) is 1.51. The summed E-state index contributed by atoms with van der Waals surface area (Å²) >= 11 is 0. The van der Waals surface area contributed by atoms with E-state index in [1.165, 1.54) is 294 Å². The summed E-state index contributed by atoms with van der Waals surface area (Å²) in [5.41, 5.74) is 5.90. The van der Waals surface area contributed by atoms with Gasteiger partial charge in [-0.15, -0.1) is 0 Å². The van der Waals surface area contributed by atoms with Crippen LogP contribution in [-0.2, 0) is 0 Å². The molecule has 19 saturated carbocycles. The highest BCUT2D eigenvalue weighted by Gasteiger charge is 2.75. The summed E-state index contributed by atoms with van der Waals surface area (Å²) in [7, 11) is 0. The summed E-state index contributed by atoms with van der Waals surface area (Å²) in [6.45, 7) is 59.6. The molecule has 0 aromatic rings. The zero-order valence-corrected chi connectivity index (χ0v) is 77.6. The van der Waals surface area contributed by atoms with Crippen molar-refractivity contribution in [3.8, 4) is 0 Å². The van der Waals surface area contributed by atoms with Crippen LogP contribution in [0.5, 0.6) is 0 Å². The van der Waals surface area contributed by atoms with E-state index in [0.29, 0.717) is 43.3 Å². The Kier molecular flexibility index (Phi) is 40.4. The van der Waals surface area contributed by atoms with E-state index in [-0.39, 0.29) is 52.0 Å². The first kappa shape index (κ1) is 106. The molecule has 678 valence electrons. The highest BCUT2D eigenvalue weighted by atomic mass is 14.8. The Balaban J connectivity index is 0.000000279. The molecule has 27 unspecified atom stereocenters. The van der Waals surface area contributed by atoms with E-state index in [4.69, 9.17) is 0 Å². The lowest BCUT2D eigenvalue weighted by Crippen LogP contribution is -2.47. The molecule has 0 radical (unpaired) electrons. The van der Waals surface area contributed by atoms with Gasteiger partial charge < -0.3 is 0 Å². The Bertz CT molecular complexity index is 2650. The number of hydrogen-bond donors (Lipinski definition) is 0. The van der Waals surface area contributed by atoms with Gasteiger partial charge in [-0.05, 0) is 363 Å². The first-order chi connectivity index (χ1) is 50.4. The molecule has 27 atom stereocenters. The van der Waals surface area contributed by atoms with Crippen molar-refractivity contribution in [2.24, 2.45) is 209 Å². The van der Waals surface area contributed by atoms with E-state index in [2.05, 4.69) is 173 Å². The minimum Gasteiger partial charge on any atom is -0.0776 e. The van der Waals surface area contributed by atoms with Crippen molar-refractivity contribution >= 4 is 0 Å². The fourth-order valence-electron chi connectivity index (χ4n) is 32.8. The van der Waals surface area contributed by atoms with E-state index in [0.717, 1.165) is 70.5 Å². The molecule has 19 aliphatic rings. The largest absolute Gasteiger partial charge is 0.0776 e. The zero-order valence-electron chi connectivity index (χ0n) is 77.6. The number of hydrogen-bond acceptors (Lipinski definition) is 0.